The zero-order chi connectivity index (χ0) is 9.97. The number of nitrogens with zero attached hydrogens (tertiary/aromatic N) is 2. The van der Waals surface area contributed by atoms with Gasteiger partial charge in [0.05, 0.1) is 24.2 Å². The van der Waals surface area contributed by atoms with Crippen LogP contribution in [0.3, 0.4) is 0 Å². The van der Waals surface area contributed by atoms with Crippen LogP contribution in [0.15, 0.2) is 18.5 Å². The topological polar surface area (TPSA) is 77.3 Å². The largest absolute Gasteiger partial charge is 0.377 e. The van der Waals surface area contributed by atoms with E-state index in [1.807, 2.05) is 0 Å². The molecule has 1 aromatic rings. The molecule has 0 amide bonds. The maximum Gasteiger partial charge on any atom is 0.310 e. The molecular formula is C8H9N3O3. The number of hydrogen-bond donors (Lipinski definition) is 1. The molecule has 1 aliphatic heterocycles. The Hall–Kier alpha value is -1.69. The summed E-state index contributed by atoms with van der Waals surface area (Å²) in [5, 5.41) is 13.6. The van der Waals surface area contributed by atoms with Crippen molar-refractivity contribution in [2.24, 2.45) is 0 Å². The van der Waals surface area contributed by atoms with E-state index in [0.29, 0.717) is 18.9 Å². The van der Waals surface area contributed by atoms with Gasteiger partial charge in [0.15, 0.2) is 0 Å². The number of pyridine rings is 1. The van der Waals surface area contributed by atoms with Crippen molar-refractivity contribution in [2.45, 2.75) is 6.04 Å². The molecule has 6 nitrogen and oxygen atoms in total. The molecule has 1 aliphatic rings. The monoisotopic (exact) mass is 195 g/mol. The van der Waals surface area contributed by atoms with Crippen LogP contribution in [0.25, 0.3) is 0 Å². The zero-order valence-corrected chi connectivity index (χ0v) is 7.34. The third kappa shape index (κ3) is 1.64. The van der Waals surface area contributed by atoms with Crippen LogP contribution < -0.4 is 5.32 Å². The van der Waals surface area contributed by atoms with Gasteiger partial charge in [0.2, 0.25) is 0 Å². The summed E-state index contributed by atoms with van der Waals surface area (Å²) in [6, 6.07) is 1.77. The van der Waals surface area contributed by atoms with E-state index >= 15 is 0 Å². The zero-order valence-electron chi connectivity index (χ0n) is 7.34. The predicted octanol–water partition coefficient (Wildman–Crippen LogP) is 0.800. The van der Waals surface area contributed by atoms with Gasteiger partial charge in [-0.25, -0.2) is 0 Å². The predicted molar refractivity (Wildman–Crippen MR) is 49.1 cm³/mol. The molecule has 0 spiro atoms. The van der Waals surface area contributed by atoms with Gasteiger partial charge in [-0.2, -0.15) is 0 Å². The van der Waals surface area contributed by atoms with Gasteiger partial charge in [-0.1, -0.05) is 0 Å². The van der Waals surface area contributed by atoms with Crippen molar-refractivity contribution >= 4 is 11.4 Å². The van der Waals surface area contributed by atoms with Crippen LogP contribution in [-0.4, -0.2) is 29.2 Å². The highest BCUT2D eigenvalue weighted by atomic mass is 16.6. The fourth-order valence-electron chi connectivity index (χ4n) is 1.19. The lowest BCUT2D eigenvalue weighted by atomic mass is 10.2. The van der Waals surface area contributed by atoms with Crippen molar-refractivity contribution < 1.29 is 9.66 Å². The fourth-order valence-corrected chi connectivity index (χ4v) is 1.19. The van der Waals surface area contributed by atoms with Crippen LogP contribution >= 0.6 is 0 Å². The van der Waals surface area contributed by atoms with E-state index < -0.39 is 4.92 Å². The van der Waals surface area contributed by atoms with E-state index in [0.717, 1.165) is 0 Å². The normalized spacial score (nSPS) is 16.0. The Balaban J connectivity index is 2.17. The summed E-state index contributed by atoms with van der Waals surface area (Å²) >= 11 is 0. The Labute approximate surface area is 80.1 Å². The first-order chi connectivity index (χ1) is 6.77. The second-order valence-corrected chi connectivity index (χ2v) is 3.03. The molecule has 6 heteroatoms. The lowest BCUT2D eigenvalue weighted by Crippen LogP contribution is -2.40. The highest BCUT2D eigenvalue weighted by Crippen LogP contribution is 2.23. The Morgan fingerprint density at radius 2 is 2.43 bits per heavy atom. The maximum absolute atomic E-state index is 10.6. The summed E-state index contributed by atoms with van der Waals surface area (Å²) in [7, 11) is 0. The van der Waals surface area contributed by atoms with Crippen LogP contribution in [0.2, 0.25) is 0 Å². The van der Waals surface area contributed by atoms with Gasteiger partial charge in [-0.05, 0) is 6.07 Å². The van der Waals surface area contributed by atoms with E-state index in [1.54, 1.807) is 6.07 Å². The lowest BCUT2D eigenvalue weighted by molar-refractivity contribution is -0.384. The molecule has 0 bridgehead atoms. The van der Waals surface area contributed by atoms with Gasteiger partial charge < -0.3 is 10.1 Å². The van der Waals surface area contributed by atoms with Gasteiger partial charge in [0.25, 0.3) is 0 Å². The van der Waals surface area contributed by atoms with Gasteiger partial charge >= 0.3 is 5.69 Å². The SMILES string of the molecule is O=[N+]([O-])c1cnccc1NC1COC1. The van der Waals surface area contributed by atoms with E-state index in [2.05, 4.69) is 10.3 Å². The summed E-state index contributed by atoms with van der Waals surface area (Å²) in [6.07, 6.45) is 2.76. The molecule has 1 N–H and O–H groups in total. The summed E-state index contributed by atoms with van der Waals surface area (Å²) in [5.74, 6) is 0. The number of anilines is 1. The van der Waals surface area contributed by atoms with Crippen molar-refractivity contribution in [3.05, 3.63) is 28.6 Å². The van der Waals surface area contributed by atoms with Gasteiger partial charge in [0.1, 0.15) is 11.9 Å². The first-order valence-electron chi connectivity index (χ1n) is 4.20. The Morgan fingerprint density at radius 3 is 3.00 bits per heavy atom. The Morgan fingerprint density at radius 1 is 1.64 bits per heavy atom. The molecular weight excluding hydrogens is 186 g/mol. The molecule has 0 radical (unpaired) electrons. The molecule has 2 heterocycles. The molecule has 1 fully saturated rings. The number of nitro groups is 1. The molecule has 0 aliphatic carbocycles. The van der Waals surface area contributed by atoms with Crippen molar-refractivity contribution in [1.29, 1.82) is 0 Å². The third-order valence-electron chi connectivity index (χ3n) is 1.99. The van der Waals surface area contributed by atoms with Gasteiger partial charge in [-0.3, -0.25) is 15.1 Å². The van der Waals surface area contributed by atoms with Crippen LogP contribution in [0, 0.1) is 10.1 Å². The quantitative estimate of drug-likeness (QED) is 0.570. The standard InChI is InChI=1S/C8H9N3O3/c12-11(13)8-3-9-2-1-7(8)10-6-4-14-5-6/h1-3,6H,4-5H2,(H,9,10). The highest BCUT2D eigenvalue weighted by Gasteiger charge is 2.21. The summed E-state index contributed by atoms with van der Waals surface area (Å²) in [6.45, 7) is 1.19. The number of ether oxygens (including phenoxy) is 1. The van der Waals surface area contributed by atoms with Crippen molar-refractivity contribution in [1.82, 2.24) is 4.98 Å². The number of hydrogen-bond acceptors (Lipinski definition) is 5. The minimum absolute atomic E-state index is 0.000556. The summed E-state index contributed by atoms with van der Waals surface area (Å²) in [4.78, 5) is 13.9. The highest BCUT2D eigenvalue weighted by molar-refractivity contribution is 5.60. The maximum atomic E-state index is 10.6. The molecule has 0 aromatic carbocycles. The number of aromatic nitrogens is 1. The molecule has 1 saturated heterocycles. The van der Waals surface area contributed by atoms with E-state index in [4.69, 9.17) is 4.74 Å². The van der Waals surface area contributed by atoms with E-state index in [9.17, 15) is 10.1 Å². The van der Waals surface area contributed by atoms with E-state index in [1.165, 1.54) is 12.4 Å². The molecule has 0 unspecified atom stereocenters. The minimum Gasteiger partial charge on any atom is -0.377 e. The van der Waals surface area contributed by atoms with Crippen molar-refractivity contribution in [3.63, 3.8) is 0 Å². The van der Waals surface area contributed by atoms with Crippen molar-refractivity contribution in [3.8, 4) is 0 Å². The lowest BCUT2D eigenvalue weighted by Gasteiger charge is -2.27. The first-order valence-corrected chi connectivity index (χ1v) is 4.20. The third-order valence-corrected chi connectivity index (χ3v) is 1.99. The molecule has 74 valence electrons. The van der Waals surface area contributed by atoms with Crippen LogP contribution in [0.4, 0.5) is 11.4 Å². The second-order valence-electron chi connectivity index (χ2n) is 3.03. The first kappa shape index (κ1) is 8.89. The average molecular weight is 195 g/mol. The molecule has 0 atom stereocenters. The Bertz CT molecular complexity index is 351. The van der Waals surface area contributed by atoms with Gasteiger partial charge in [-0.15, -0.1) is 0 Å². The van der Waals surface area contributed by atoms with Crippen LogP contribution in [0.1, 0.15) is 0 Å². The number of rotatable bonds is 3. The van der Waals surface area contributed by atoms with E-state index in [-0.39, 0.29) is 11.7 Å². The number of nitrogens with one attached hydrogen (secondary N) is 1. The Kier molecular flexibility index (Phi) is 2.28. The van der Waals surface area contributed by atoms with Crippen LogP contribution in [-0.2, 0) is 4.74 Å². The molecule has 2 rings (SSSR count). The fraction of sp³-hybridized carbons (Fsp3) is 0.375. The van der Waals surface area contributed by atoms with Gasteiger partial charge in [0, 0.05) is 6.20 Å². The minimum atomic E-state index is -0.450. The molecule has 14 heavy (non-hydrogen) atoms. The molecule has 0 saturated carbocycles. The summed E-state index contributed by atoms with van der Waals surface area (Å²) in [5.41, 5.74) is 0.498. The van der Waals surface area contributed by atoms with Crippen LogP contribution in [0.5, 0.6) is 0 Å². The van der Waals surface area contributed by atoms with Crippen molar-refractivity contribution in [2.75, 3.05) is 18.5 Å². The average Bonchev–Trinajstić information content (AvgIpc) is 2.12. The second kappa shape index (κ2) is 3.59. The summed E-state index contributed by atoms with van der Waals surface area (Å²) < 4.78 is 4.96. The smallest absolute Gasteiger partial charge is 0.310 e. The molecule has 1 aromatic heterocycles.